The van der Waals surface area contributed by atoms with Crippen LogP contribution in [0, 0.1) is 0 Å². The summed E-state index contributed by atoms with van der Waals surface area (Å²) in [6.07, 6.45) is 2.50. The molecule has 0 aromatic rings. The molecule has 0 bridgehead atoms. The lowest BCUT2D eigenvalue weighted by molar-refractivity contribution is -0.143. The van der Waals surface area contributed by atoms with Gasteiger partial charge in [0.1, 0.15) is 0 Å². The fourth-order valence-electron chi connectivity index (χ4n) is 0.995. The van der Waals surface area contributed by atoms with E-state index in [2.05, 4.69) is 18.2 Å². The Balaban J connectivity index is 0. The molecule has 0 aliphatic rings. The molecule has 0 spiro atoms. The maximum absolute atomic E-state index is 11.0. The molecule has 3 nitrogen and oxygen atoms in total. The van der Waals surface area contributed by atoms with Gasteiger partial charge in [-0.05, 0) is 27.0 Å². The standard InChI is InChI=1S/C9H19NO2S.CH4/c1-5-12-9(11)6-7-10(13-4)8(2)3;/h8H,5-7H2,1-4H3;1H4. The first-order valence-electron chi connectivity index (χ1n) is 4.58. The third-order valence-electron chi connectivity index (χ3n) is 1.65. The van der Waals surface area contributed by atoms with E-state index in [0.29, 0.717) is 19.1 Å². The maximum Gasteiger partial charge on any atom is 0.307 e. The summed E-state index contributed by atoms with van der Waals surface area (Å²) in [5.74, 6) is -0.109. The minimum absolute atomic E-state index is 0. The molecule has 0 N–H and O–H groups in total. The van der Waals surface area contributed by atoms with Crippen LogP contribution in [0.4, 0.5) is 0 Å². The molecule has 0 aliphatic carbocycles. The normalized spacial score (nSPS) is 10.1. The minimum Gasteiger partial charge on any atom is -0.466 e. The van der Waals surface area contributed by atoms with Gasteiger partial charge in [0, 0.05) is 12.6 Å². The lowest BCUT2D eigenvalue weighted by Gasteiger charge is -2.22. The smallest absolute Gasteiger partial charge is 0.307 e. The van der Waals surface area contributed by atoms with Crippen LogP contribution in [0.3, 0.4) is 0 Å². The molecule has 4 heteroatoms. The zero-order valence-electron chi connectivity index (χ0n) is 8.87. The van der Waals surface area contributed by atoms with Crippen LogP contribution < -0.4 is 0 Å². The Hall–Kier alpha value is -0.220. The summed E-state index contributed by atoms with van der Waals surface area (Å²) in [6, 6.07) is 0.462. The first-order valence-corrected chi connectivity index (χ1v) is 5.76. The van der Waals surface area contributed by atoms with E-state index in [1.54, 1.807) is 11.9 Å². The lowest BCUT2D eigenvalue weighted by atomic mass is 10.3. The maximum atomic E-state index is 11.0. The van der Waals surface area contributed by atoms with Crippen molar-refractivity contribution in [2.45, 2.75) is 40.7 Å². The average molecular weight is 221 g/mol. The van der Waals surface area contributed by atoms with E-state index >= 15 is 0 Å². The molecule has 0 aromatic heterocycles. The Morgan fingerprint density at radius 3 is 2.43 bits per heavy atom. The van der Waals surface area contributed by atoms with Crippen LogP contribution >= 0.6 is 11.9 Å². The van der Waals surface area contributed by atoms with Gasteiger partial charge in [0.2, 0.25) is 0 Å². The van der Waals surface area contributed by atoms with E-state index < -0.39 is 0 Å². The number of carbonyl (C=O) groups is 1. The number of nitrogens with zero attached hydrogens (tertiary/aromatic N) is 1. The lowest BCUT2D eigenvalue weighted by Crippen LogP contribution is -2.26. The largest absolute Gasteiger partial charge is 0.466 e. The molecule has 0 radical (unpaired) electrons. The minimum atomic E-state index is -0.109. The second kappa shape index (κ2) is 9.34. The number of esters is 1. The SMILES string of the molecule is C.CCOC(=O)CCN(SC)C(C)C. The molecule has 0 atom stereocenters. The molecule has 86 valence electrons. The van der Waals surface area contributed by atoms with Gasteiger partial charge in [-0.2, -0.15) is 0 Å². The number of ether oxygens (including phenoxy) is 1. The van der Waals surface area contributed by atoms with Crippen LogP contribution in [-0.4, -0.2) is 35.7 Å². The summed E-state index contributed by atoms with van der Waals surface area (Å²) in [5.41, 5.74) is 0. The predicted octanol–water partition coefficient (Wildman–Crippen LogP) is 2.56. The fraction of sp³-hybridized carbons (Fsp3) is 0.900. The van der Waals surface area contributed by atoms with Crippen molar-refractivity contribution in [3.8, 4) is 0 Å². The second-order valence-corrected chi connectivity index (χ2v) is 3.81. The Labute approximate surface area is 92.3 Å². The van der Waals surface area contributed by atoms with Crippen molar-refractivity contribution in [3.63, 3.8) is 0 Å². The number of hydrogen-bond donors (Lipinski definition) is 0. The van der Waals surface area contributed by atoms with Gasteiger partial charge >= 0.3 is 5.97 Å². The number of carbonyl (C=O) groups excluding carboxylic acids is 1. The molecule has 0 unspecified atom stereocenters. The number of rotatable bonds is 6. The van der Waals surface area contributed by atoms with Gasteiger partial charge in [0.05, 0.1) is 13.0 Å². The van der Waals surface area contributed by atoms with Gasteiger partial charge in [-0.15, -0.1) is 0 Å². The molecular formula is C10H23NO2S. The molecule has 0 rings (SSSR count). The zero-order valence-corrected chi connectivity index (χ0v) is 9.69. The van der Waals surface area contributed by atoms with Crippen molar-refractivity contribution < 1.29 is 9.53 Å². The first-order chi connectivity index (χ1) is 6.11. The Morgan fingerprint density at radius 2 is 2.07 bits per heavy atom. The quantitative estimate of drug-likeness (QED) is 0.509. The Morgan fingerprint density at radius 1 is 1.50 bits per heavy atom. The van der Waals surface area contributed by atoms with E-state index in [9.17, 15) is 4.79 Å². The van der Waals surface area contributed by atoms with Gasteiger partial charge in [-0.1, -0.05) is 19.4 Å². The Bertz CT molecular complexity index is 151. The van der Waals surface area contributed by atoms with Crippen LogP contribution in [0.5, 0.6) is 0 Å². The topological polar surface area (TPSA) is 29.5 Å². The Kier molecular flexibility index (Phi) is 10.8. The van der Waals surface area contributed by atoms with E-state index in [4.69, 9.17) is 4.74 Å². The monoisotopic (exact) mass is 221 g/mol. The summed E-state index contributed by atoms with van der Waals surface area (Å²) in [4.78, 5) is 11.0. The highest BCUT2D eigenvalue weighted by molar-refractivity contribution is 7.96. The highest BCUT2D eigenvalue weighted by Crippen LogP contribution is 2.10. The summed E-state index contributed by atoms with van der Waals surface area (Å²) in [6.45, 7) is 7.29. The predicted molar refractivity (Wildman–Crippen MR) is 63.3 cm³/mol. The highest BCUT2D eigenvalue weighted by Gasteiger charge is 2.10. The van der Waals surface area contributed by atoms with Gasteiger partial charge in [0.25, 0.3) is 0 Å². The summed E-state index contributed by atoms with van der Waals surface area (Å²) in [7, 11) is 0. The molecule has 0 aliphatic heterocycles. The van der Waals surface area contributed by atoms with Crippen molar-refractivity contribution in [2.75, 3.05) is 19.4 Å². The molecule has 0 aromatic carbocycles. The van der Waals surface area contributed by atoms with Crippen LogP contribution in [0.25, 0.3) is 0 Å². The van der Waals surface area contributed by atoms with E-state index in [1.807, 2.05) is 13.2 Å². The van der Waals surface area contributed by atoms with Crippen LogP contribution in [0.1, 0.15) is 34.6 Å². The molecule has 0 saturated carbocycles. The van der Waals surface area contributed by atoms with E-state index in [0.717, 1.165) is 6.54 Å². The molecule has 0 fully saturated rings. The van der Waals surface area contributed by atoms with Gasteiger partial charge < -0.3 is 4.74 Å². The molecule has 0 heterocycles. The fourth-order valence-corrected chi connectivity index (χ4v) is 1.69. The van der Waals surface area contributed by atoms with Crippen LogP contribution in [0.2, 0.25) is 0 Å². The molecule has 14 heavy (non-hydrogen) atoms. The molecular weight excluding hydrogens is 198 g/mol. The van der Waals surface area contributed by atoms with Crippen molar-refractivity contribution in [1.82, 2.24) is 4.31 Å². The summed E-state index contributed by atoms with van der Waals surface area (Å²) >= 11 is 1.66. The molecule has 0 saturated heterocycles. The van der Waals surface area contributed by atoms with Gasteiger partial charge in [0.15, 0.2) is 0 Å². The van der Waals surface area contributed by atoms with Crippen molar-refractivity contribution >= 4 is 17.9 Å². The van der Waals surface area contributed by atoms with E-state index in [1.165, 1.54) is 0 Å². The van der Waals surface area contributed by atoms with Crippen molar-refractivity contribution in [3.05, 3.63) is 0 Å². The zero-order chi connectivity index (χ0) is 10.3. The summed E-state index contributed by atoms with van der Waals surface area (Å²) in [5, 5.41) is 0. The number of hydrogen-bond acceptors (Lipinski definition) is 4. The second-order valence-electron chi connectivity index (χ2n) is 2.97. The first kappa shape index (κ1) is 16.2. The third-order valence-corrected chi connectivity index (χ3v) is 2.73. The highest BCUT2D eigenvalue weighted by atomic mass is 32.2. The van der Waals surface area contributed by atoms with Gasteiger partial charge in [-0.3, -0.25) is 4.79 Å². The molecule has 0 amide bonds. The van der Waals surface area contributed by atoms with E-state index in [-0.39, 0.29) is 13.4 Å². The van der Waals surface area contributed by atoms with Crippen LogP contribution in [-0.2, 0) is 9.53 Å². The van der Waals surface area contributed by atoms with Crippen molar-refractivity contribution in [1.29, 1.82) is 0 Å². The summed E-state index contributed by atoms with van der Waals surface area (Å²) < 4.78 is 7.01. The van der Waals surface area contributed by atoms with Gasteiger partial charge in [-0.25, -0.2) is 4.31 Å². The third kappa shape index (κ3) is 7.21. The van der Waals surface area contributed by atoms with Crippen molar-refractivity contribution in [2.24, 2.45) is 0 Å². The van der Waals surface area contributed by atoms with Crippen LogP contribution in [0.15, 0.2) is 0 Å². The average Bonchev–Trinajstić information content (AvgIpc) is 2.05.